The van der Waals surface area contributed by atoms with Crippen LogP contribution in [0.25, 0.3) is 207 Å². The lowest BCUT2D eigenvalue weighted by molar-refractivity contribution is 0.666. The second-order valence-electron chi connectivity index (χ2n) is 30.3. The van der Waals surface area contributed by atoms with Crippen LogP contribution >= 0.6 is 0 Å². The second-order valence-corrected chi connectivity index (χ2v) is 30.3. The fourth-order valence-corrected chi connectivity index (χ4v) is 19.8. The third-order valence-electron chi connectivity index (χ3n) is 24.2. The Kier molecular flexibility index (Phi) is 12.7. The van der Waals surface area contributed by atoms with Crippen molar-refractivity contribution in [1.82, 2.24) is 0 Å². The van der Waals surface area contributed by atoms with E-state index in [0.717, 1.165) is 21.9 Å². The first kappa shape index (κ1) is 59.7. The first-order valence-electron chi connectivity index (χ1n) is 37.0. The van der Waals surface area contributed by atoms with Gasteiger partial charge in [0.05, 0.1) is 0 Å². The van der Waals surface area contributed by atoms with Gasteiger partial charge in [-0.3, -0.25) is 0 Å². The Bertz CT molecular complexity index is 7280. The highest BCUT2D eigenvalue weighted by Crippen LogP contribution is 2.59. The molecule has 0 unspecified atom stereocenters. The number of rotatable bonds is 4. The molecule has 2 aliphatic rings. The molecule has 0 saturated carbocycles. The zero-order valence-corrected chi connectivity index (χ0v) is 58.7. The van der Waals surface area contributed by atoms with Crippen molar-refractivity contribution in [3.8, 4) is 66.8 Å². The molecular formula is C104H68O. The van der Waals surface area contributed by atoms with E-state index in [9.17, 15) is 0 Å². The molecule has 1 heteroatoms. The molecule has 105 heavy (non-hydrogen) atoms. The molecule has 23 rings (SSSR count). The molecule has 0 saturated heterocycles. The molecule has 20 aromatic carbocycles. The Hall–Kier alpha value is -12.9. The monoisotopic (exact) mass is 1330 g/mol. The van der Waals surface area contributed by atoms with E-state index in [4.69, 9.17) is 4.42 Å². The van der Waals surface area contributed by atoms with Crippen LogP contribution in [-0.2, 0) is 10.8 Å². The van der Waals surface area contributed by atoms with Crippen molar-refractivity contribution in [2.24, 2.45) is 0 Å². The number of furan rings is 1. The van der Waals surface area contributed by atoms with Gasteiger partial charge < -0.3 is 4.42 Å². The van der Waals surface area contributed by atoms with Crippen LogP contribution in [0.2, 0.25) is 0 Å². The van der Waals surface area contributed by atoms with E-state index in [1.165, 1.54) is 208 Å². The maximum absolute atomic E-state index is 6.22. The van der Waals surface area contributed by atoms with Crippen LogP contribution in [-0.4, -0.2) is 0 Å². The lowest BCUT2D eigenvalue weighted by atomic mass is 9.79. The number of para-hydroxylation sites is 1. The van der Waals surface area contributed by atoms with Gasteiger partial charge in [0.2, 0.25) is 0 Å². The van der Waals surface area contributed by atoms with Crippen LogP contribution in [0.5, 0.6) is 0 Å². The number of benzene rings is 20. The third kappa shape index (κ3) is 8.47. The van der Waals surface area contributed by atoms with E-state index in [1.54, 1.807) is 0 Å². The van der Waals surface area contributed by atoms with Crippen molar-refractivity contribution in [2.45, 2.75) is 38.5 Å². The lowest BCUT2D eigenvalue weighted by Crippen LogP contribution is -2.15. The highest BCUT2D eigenvalue weighted by molar-refractivity contribution is 6.30. The fraction of sp³-hybridized carbons (Fsp3) is 0.0577. The van der Waals surface area contributed by atoms with Crippen molar-refractivity contribution in [3.05, 3.63) is 362 Å². The highest BCUT2D eigenvalue weighted by atomic mass is 16.3. The molecule has 0 N–H and O–H groups in total. The van der Waals surface area contributed by atoms with E-state index in [2.05, 4.69) is 361 Å². The molecule has 0 atom stereocenters. The summed E-state index contributed by atoms with van der Waals surface area (Å²) in [6.45, 7) is 9.63. The molecule has 1 aromatic heterocycles. The van der Waals surface area contributed by atoms with E-state index in [1.807, 2.05) is 6.07 Å². The van der Waals surface area contributed by atoms with E-state index < -0.39 is 0 Å². The minimum Gasteiger partial charge on any atom is -0.456 e. The minimum absolute atomic E-state index is 0.128. The van der Waals surface area contributed by atoms with Gasteiger partial charge >= 0.3 is 0 Å². The second kappa shape index (κ2) is 22.3. The predicted octanol–water partition coefficient (Wildman–Crippen LogP) is 29.2. The average Bonchev–Trinajstić information content (AvgIpc) is 1.68. The van der Waals surface area contributed by atoms with Gasteiger partial charge in [0.1, 0.15) is 11.2 Å². The maximum Gasteiger partial charge on any atom is 0.135 e. The topological polar surface area (TPSA) is 13.1 Å². The first-order valence-corrected chi connectivity index (χ1v) is 37.0. The largest absolute Gasteiger partial charge is 0.456 e. The van der Waals surface area contributed by atoms with Gasteiger partial charge in [-0.1, -0.05) is 331 Å². The molecular weight excluding hydrogens is 1270 g/mol. The Balaban J connectivity index is 0.000000132. The number of hydrogen-bond acceptors (Lipinski definition) is 1. The quantitative estimate of drug-likeness (QED) is 0.126. The molecule has 0 aliphatic heterocycles. The van der Waals surface area contributed by atoms with Gasteiger partial charge in [0.15, 0.2) is 0 Å². The van der Waals surface area contributed by atoms with Crippen molar-refractivity contribution >= 4 is 140 Å². The van der Waals surface area contributed by atoms with Crippen LogP contribution in [0.3, 0.4) is 0 Å². The van der Waals surface area contributed by atoms with Crippen LogP contribution in [0.1, 0.15) is 49.9 Å². The maximum atomic E-state index is 6.22. The summed E-state index contributed by atoms with van der Waals surface area (Å²) >= 11 is 0. The summed E-state index contributed by atoms with van der Waals surface area (Å²) in [6, 6.07) is 126. The molecule has 490 valence electrons. The summed E-state index contributed by atoms with van der Waals surface area (Å²) in [5, 5.41) is 30.9. The number of fused-ring (bicyclic) bond motifs is 28. The Morgan fingerprint density at radius 2 is 0.505 bits per heavy atom. The average molecular weight is 1330 g/mol. The van der Waals surface area contributed by atoms with E-state index in [0.29, 0.717) is 0 Å². The summed E-state index contributed by atoms with van der Waals surface area (Å²) in [5.74, 6) is 0. The molecule has 0 fully saturated rings. The molecule has 1 heterocycles. The summed E-state index contributed by atoms with van der Waals surface area (Å²) in [4.78, 5) is 0. The smallest absolute Gasteiger partial charge is 0.135 e. The van der Waals surface area contributed by atoms with Gasteiger partial charge in [0.25, 0.3) is 0 Å². The summed E-state index contributed by atoms with van der Waals surface area (Å²) in [5.41, 5.74) is 22.8. The van der Waals surface area contributed by atoms with Crippen LogP contribution in [0.4, 0.5) is 0 Å². The highest BCUT2D eigenvalue weighted by Gasteiger charge is 2.41. The van der Waals surface area contributed by atoms with Crippen LogP contribution < -0.4 is 0 Å². The molecule has 0 spiro atoms. The van der Waals surface area contributed by atoms with Crippen molar-refractivity contribution in [2.75, 3.05) is 0 Å². The zero-order chi connectivity index (χ0) is 69.6. The van der Waals surface area contributed by atoms with Crippen molar-refractivity contribution in [1.29, 1.82) is 0 Å². The van der Waals surface area contributed by atoms with E-state index in [-0.39, 0.29) is 10.8 Å². The third-order valence-corrected chi connectivity index (χ3v) is 24.2. The van der Waals surface area contributed by atoms with Crippen molar-refractivity contribution < 1.29 is 4.42 Å². The lowest BCUT2D eigenvalue weighted by Gasteiger charge is -2.24. The minimum atomic E-state index is -0.136. The summed E-state index contributed by atoms with van der Waals surface area (Å²) in [6.07, 6.45) is 0. The summed E-state index contributed by atoms with van der Waals surface area (Å²) in [7, 11) is 0. The van der Waals surface area contributed by atoms with Crippen LogP contribution in [0, 0.1) is 0 Å². The normalized spacial score (nSPS) is 13.5. The van der Waals surface area contributed by atoms with Gasteiger partial charge in [-0.05, 0) is 244 Å². The van der Waals surface area contributed by atoms with E-state index >= 15 is 0 Å². The Morgan fingerprint density at radius 3 is 0.962 bits per heavy atom. The predicted molar refractivity (Wildman–Crippen MR) is 450 cm³/mol. The Morgan fingerprint density at radius 1 is 0.190 bits per heavy atom. The Labute approximate surface area is 608 Å². The first-order chi connectivity index (χ1) is 51.7. The molecule has 2 aliphatic carbocycles. The van der Waals surface area contributed by atoms with Crippen molar-refractivity contribution in [3.63, 3.8) is 0 Å². The molecule has 0 radical (unpaired) electrons. The van der Waals surface area contributed by atoms with Crippen LogP contribution in [0.15, 0.2) is 344 Å². The fourth-order valence-electron chi connectivity index (χ4n) is 19.8. The molecule has 0 amide bonds. The molecule has 1 nitrogen and oxygen atoms in total. The standard InChI is InChI=1S/C55H36.C49H32O/c1-55(2)49-30-29-35(32-48(49)53-41-21-9-5-17-37(41)38-18-7-14-26-46(38)54(53)55)51-42-22-10-12-24-44(42)52(45-25-13-11-23-43(45)51)47-31-34-28-27-33-15-3-4-16-36(33)50(34)40-20-8-6-19-39(40)47;1-49(2)42-25-23-29(28-41(42)47-34-16-5-3-13-31(34)32-14-4-10-21-39(32)48(47)49)45-35-17-6-8-19-37(35)46(38-20-9-7-18-36(38)45)30-24-26-44-40(27-30)33-15-11-12-22-43(33)50-44/h3-32H,1-2H3;3-28H,1-2H3. The van der Waals surface area contributed by atoms with Gasteiger partial charge in [-0.2, -0.15) is 0 Å². The summed E-state index contributed by atoms with van der Waals surface area (Å²) < 4.78 is 6.22. The van der Waals surface area contributed by atoms with Gasteiger partial charge in [-0.25, -0.2) is 0 Å². The molecule has 0 bridgehead atoms. The zero-order valence-electron chi connectivity index (χ0n) is 58.7. The molecule has 21 aromatic rings. The number of hydrogen-bond donors (Lipinski definition) is 0. The SMILES string of the molecule is CC1(C)c2ccc(-c3c4ccccc4c(-c4cc5ccc6ccccc6c5c5ccccc45)c4ccccc34)cc2-c2c1c1ccccc1c1ccccc21.CC1(C)c2ccc(-c3c4ccccc4c(-c4ccc5oc6ccccc6c5c4)c4ccccc34)cc2-c2c1c1ccccc1c1ccccc21. The van der Waals surface area contributed by atoms with Gasteiger partial charge in [0, 0.05) is 21.6 Å². The van der Waals surface area contributed by atoms with Gasteiger partial charge in [-0.15, -0.1) is 0 Å².